The highest BCUT2D eigenvalue weighted by molar-refractivity contribution is 6.03. The Bertz CT molecular complexity index is 1040. The fourth-order valence-corrected chi connectivity index (χ4v) is 4.28. The molecule has 2 atom stereocenters. The fourth-order valence-electron chi connectivity index (χ4n) is 4.28. The zero-order valence-electron chi connectivity index (χ0n) is 18.3. The van der Waals surface area contributed by atoms with Crippen molar-refractivity contribution in [2.75, 3.05) is 25.1 Å². The zero-order chi connectivity index (χ0) is 22.2. The molecule has 1 aliphatic heterocycles. The Labute approximate surface area is 183 Å². The van der Waals surface area contributed by atoms with Gasteiger partial charge in [-0.1, -0.05) is 0 Å². The fraction of sp³-hybridized carbons (Fsp3) is 0.458. The Balaban J connectivity index is 1.82. The second-order valence-electron chi connectivity index (χ2n) is 9.07. The topological polar surface area (TPSA) is 104 Å². The van der Waals surface area contributed by atoms with Gasteiger partial charge in [0.15, 0.2) is 0 Å². The van der Waals surface area contributed by atoms with Crippen LogP contribution >= 0.6 is 0 Å². The highest BCUT2D eigenvalue weighted by atomic mass is 16.5. The first-order valence-electron chi connectivity index (χ1n) is 10.7. The number of hydrogen-bond acceptors (Lipinski definition) is 6. The van der Waals surface area contributed by atoms with Crippen molar-refractivity contribution in [1.82, 2.24) is 10.3 Å². The van der Waals surface area contributed by atoms with Gasteiger partial charge in [-0.2, -0.15) is 5.26 Å². The number of aromatic nitrogens is 1. The Morgan fingerprint density at radius 2 is 2.16 bits per heavy atom. The van der Waals surface area contributed by atoms with E-state index in [9.17, 15) is 10.1 Å². The summed E-state index contributed by atoms with van der Waals surface area (Å²) in [4.78, 5) is 19.8. The van der Waals surface area contributed by atoms with E-state index in [-0.39, 0.29) is 17.5 Å². The molecule has 2 heterocycles. The van der Waals surface area contributed by atoms with Crippen molar-refractivity contribution in [3.05, 3.63) is 41.7 Å². The lowest BCUT2D eigenvalue weighted by atomic mass is 9.99. The number of pyridine rings is 1. The van der Waals surface area contributed by atoms with E-state index in [0.717, 1.165) is 42.6 Å². The second kappa shape index (κ2) is 8.20. The summed E-state index contributed by atoms with van der Waals surface area (Å²) in [5, 5.41) is 12.6. The van der Waals surface area contributed by atoms with Crippen LogP contribution in [0.2, 0.25) is 0 Å². The van der Waals surface area contributed by atoms with Gasteiger partial charge in [0.25, 0.3) is 5.91 Å². The number of methoxy groups -OCH3 is 1. The molecule has 0 bridgehead atoms. The smallest absolute Gasteiger partial charge is 0.255 e. The number of nitrogens with one attached hydrogen (secondary N) is 1. The first-order valence-corrected chi connectivity index (χ1v) is 10.7. The van der Waals surface area contributed by atoms with Crippen LogP contribution in [0.1, 0.15) is 49.0 Å². The van der Waals surface area contributed by atoms with Crippen LogP contribution in [0.25, 0.3) is 11.1 Å². The molecule has 1 aliphatic carbocycles. The van der Waals surface area contributed by atoms with E-state index in [0.29, 0.717) is 29.3 Å². The maximum atomic E-state index is 13.3. The van der Waals surface area contributed by atoms with Crippen LogP contribution in [0, 0.1) is 17.2 Å². The number of nitrogens with two attached hydrogens (primary N) is 1. The maximum absolute atomic E-state index is 13.3. The van der Waals surface area contributed by atoms with Crippen LogP contribution in [-0.4, -0.2) is 42.7 Å². The van der Waals surface area contributed by atoms with Crippen LogP contribution in [0.15, 0.2) is 30.6 Å². The summed E-state index contributed by atoms with van der Waals surface area (Å²) >= 11 is 0. The molecule has 2 aliphatic rings. The van der Waals surface area contributed by atoms with E-state index >= 15 is 0 Å². The van der Waals surface area contributed by atoms with Crippen LogP contribution in [0.5, 0.6) is 5.75 Å². The summed E-state index contributed by atoms with van der Waals surface area (Å²) in [5.74, 6) is 1.01. The summed E-state index contributed by atoms with van der Waals surface area (Å²) in [7, 11) is 1.57. The predicted octanol–water partition coefficient (Wildman–Crippen LogP) is 3.08. The molecule has 0 unspecified atom stereocenters. The summed E-state index contributed by atoms with van der Waals surface area (Å²) in [5.41, 5.74) is 9.49. The first kappa shape index (κ1) is 21.1. The Hall–Kier alpha value is -3.11. The molecule has 7 heteroatoms. The number of nitriles is 1. The van der Waals surface area contributed by atoms with Crippen LogP contribution < -0.4 is 20.7 Å². The maximum Gasteiger partial charge on any atom is 0.255 e. The molecule has 4 rings (SSSR count). The third-order valence-electron chi connectivity index (χ3n) is 6.25. The van der Waals surface area contributed by atoms with Gasteiger partial charge in [-0.25, -0.2) is 0 Å². The molecular weight excluding hydrogens is 390 g/mol. The Morgan fingerprint density at radius 1 is 1.39 bits per heavy atom. The van der Waals surface area contributed by atoms with Crippen molar-refractivity contribution in [3.8, 4) is 22.9 Å². The monoisotopic (exact) mass is 419 g/mol. The lowest BCUT2D eigenvalue weighted by Crippen LogP contribution is -2.40. The minimum absolute atomic E-state index is 0.127. The number of rotatable bonds is 6. The molecule has 31 heavy (non-hydrogen) atoms. The third-order valence-corrected chi connectivity index (χ3v) is 6.25. The lowest BCUT2D eigenvalue weighted by molar-refractivity contribution is 0.0936. The van der Waals surface area contributed by atoms with Gasteiger partial charge in [0.05, 0.1) is 30.0 Å². The number of anilines is 1. The van der Waals surface area contributed by atoms with E-state index in [1.54, 1.807) is 31.6 Å². The van der Waals surface area contributed by atoms with Crippen molar-refractivity contribution in [3.63, 3.8) is 0 Å². The Kier molecular flexibility index (Phi) is 5.59. The van der Waals surface area contributed by atoms with Gasteiger partial charge in [-0.3, -0.25) is 9.78 Å². The van der Waals surface area contributed by atoms with Gasteiger partial charge in [0.1, 0.15) is 5.75 Å². The number of amides is 1. The van der Waals surface area contributed by atoms with Gasteiger partial charge in [-0.05, 0) is 62.8 Å². The molecule has 0 radical (unpaired) electrons. The van der Waals surface area contributed by atoms with E-state index in [1.807, 2.05) is 13.0 Å². The number of carbonyl (C=O) groups excluding carboxylic acids is 1. The van der Waals surface area contributed by atoms with Gasteiger partial charge >= 0.3 is 0 Å². The van der Waals surface area contributed by atoms with Gasteiger partial charge in [0.2, 0.25) is 0 Å². The number of carbonyl (C=O) groups is 1. The molecule has 7 nitrogen and oxygen atoms in total. The quantitative estimate of drug-likeness (QED) is 0.746. The molecule has 0 spiro atoms. The molecule has 162 valence electrons. The average molecular weight is 420 g/mol. The van der Waals surface area contributed by atoms with Crippen LogP contribution in [0.3, 0.4) is 0 Å². The van der Waals surface area contributed by atoms with Gasteiger partial charge in [0, 0.05) is 42.6 Å². The molecule has 1 saturated carbocycles. The van der Waals surface area contributed by atoms with Crippen molar-refractivity contribution >= 4 is 11.6 Å². The Morgan fingerprint density at radius 3 is 2.77 bits per heavy atom. The summed E-state index contributed by atoms with van der Waals surface area (Å²) in [6, 6.07) is 7.67. The minimum Gasteiger partial charge on any atom is -0.497 e. The van der Waals surface area contributed by atoms with Crippen molar-refractivity contribution in [1.29, 1.82) is 5.26 Å². The van der Waals surface area contributed by atoms with Gasteiger partial charge < -0.3 is 20.7 Å². The average Bonchev–Trinajstić information content (AvgIpc) is 3.55. The predicted molar refractivity (Wildman–Crippen MR) is 120 cm³/mol. The summed E-state index contributed by atoms with van der Waals surface area (Å²) < 4.78 is 5.40. The van der Waals surface area contributed by atoms with Crippen molar-refractivity contribution in [2.24, 2.45) is 11.7 Å². The zero-order valence-corrected chi connectivity index (χ0v) is 18.3. The van der Waals surface area contributed by atoms with Crippen molar-refractivity contribution in [2.45, 2.75) is 44.7 Å². The standard InChI is InChI=1S/C24H29N5O2/c1-15(17-4-5-17)28-23(30)21-13-27-12-20(22(21)29-7-6-24(2,26)14-29)18-8-16(11-25)9-19(10-18)31-3/h8-10,12-13,15,17H,4-7,14,26H2,1-3H3,(H,28,30)/t15-,24-/m0/s1. The molecule has 1 aromatic carbocycles. The first-order chi connectivity index (χ1) is 14.8. The second-order valence-corrected chi connectivity index (χ2v) is 9.07. The summed E-state index contributed by atoms with van der Waals surface area (Å²) in [6.45, 7) is 5.47. The normalized spacial score (nSPS) is 21.5. The SMILES string of the molecule is COc1cc(C#N)cc(-c2cncc(C(=O)N[C@@H](C)C3CC3)c2N2CC[C@](C)(N)C2)c1. The molecule has 2 aromatic rings. The highest BCUT2D eigenvalue weighted by Gasteiger charge is 2.35. The van der Waals surface area contributed by atoms with Crippen LogP contribution in [-0.2, 0) is 0 Å². The molecular formula is C24H29N5O2. The van der Waals surface area contributed by atoms with E-state index in [4.69, 9.17) is 10.5 Å². The molecule has 2 fully saturated rings. The molecule has 1 aromatic heterocycles. The largest absolute Gasteiger partial charge is 0.497 e. The van der Waals surface area contributed by atoms with E-state index < -0.39 is 0 Å². The number of ether oxygens (including phenoxy) is 1. The minimum atomic E-state index is -0.332. The molecule has 3 N–H and O–H groups in total. The van der Waals surface area contributed by atoms with E-state index in [2.05, 4.69) is 28.2 Å². The van der Waals surface area contributed by atoms with Crippen molar-refractivity contribution < 1.29 is 9.53 Å². The molecule has 1 saturated heterocycles. The van der Waals surface area contributed by atoms with Crippen LogP contribution in [0.4, 0.5) is 5.69 Å². The third kappa shape index (κ3) is 4.49. The molecule has 1 amide bonds. The number of benzene rings is 1. The number of nitrogens with zero attached hydrogens (tertiary/aromatic N) is 3. The van der Waals surface area contributed by atoms with Gasteiger partial charge in [-0.15, -0.1) is 0 Å². The lowest BCUT2D eigenvalue weighted by Gasteiger charge is -2.27. The highest BCUT2D eigenvalue weighted by Crippen LogP contribution is 2.39. The summed E-state index contributed by atoms with van der Waals surface area (Å²) in [6.07, 6.45) is 6.52. The number of hydrogen-bond donors (Lipinski definition) is 2. The van der Waals surface area contributed by atoms with E-state index in [1.165, 1.54) is 0 Å².